The Labute approximate surface area is 64.7 Å². The van der Waals surface area contributed by atoms with Crippen LogP contribution in [0.15, 0.2) is 17.6 Å². The molecular formula is C7H10N4. The number of aromatic nitrogens is 2. The third-order valence-electron chi connectivity index (χ3n) is 1.56. The zero-order valence-electron chi connectivity index (χ0n) is 6.12. The second kappa shape index (κ2) is 2.74. The van der Waals surface area contributed by atoms with Crippen LogP contribution in [0.2, 0.25) is 0 Å². The summed E-state index contributed by atoms with van der Waals surface area (Å²) in [6, 6.07) is 0.620. The molecule has 0 unspecified atom stereocenters. The molecular weight excluding hydrogens is 140 g/mol. The fourth-order valence-electron chi connectivity index (χ4n) is 0.762. The number of aromatic amines is 1. The van der Waals surface area contributed by atoms with Crippen LogP contribution in [-0.2, 0) is 0 Å². The first-order valence-corrected chi connectivity index (χ1v) is 3.72. The molecule has 0 bridgehead atoms. The maximum absolute atomic E-state index is 4.03. The number of hydrogen-bond donors (Lipinski definition) is 2. The minimum atomic E-state index is 0.620. The molecule has 1 aromatic rings. The number of nitrogens with zero attached hydrogens (tertiary/aromatic N) is 2. The summed E-state index contributed by atoms with van der Waals surface area (Å²) in [6.07, 6.45) is 7.61. The smallest absolute Gasteiger partial charge is 0.0924 e. The van der Waals surface area contributed by atoms with E-state index < -0.39 is 0 Å². The summed E-state index contributed by atoms with van der Waals surface area (Å²) < 4.78 is 0. The average Bonchev–Trinajstić information content (AvgIpc) is 2.66. The third-order valence-corrected chi connectivity index (χ3v) is 1.56. The van der Waals surface area contributed by atoms with Crippen LogP contribution in [-0.4, -0.2) is 22.2 Å². The largest absolute Gasteiger partial charge is 0.344 e. The molecule has 0 aromatic carbocycles. The molecule has 0 amide bonds. The molecule has 0 saturated heterocycles. The van der Waals surface area contributed by atoms with E-state index in [-0.39, 0.29) is 0 Å². The molecule has 1 saturated carbocycles. The zero-order valence-corrected chi connectivity index (χ0v) is 6.12. The number of hydrogen-bond acceptors (Lipinski definition) is 3. The summed E-state index contributed by atoms with van der Waals surface area (Å²) in [6.45, 7) is 0. The normalized spacial score (nSPS) is 17.5. The van der Waals surface area contributed by atoms with Crippen molar-refractivity contribution >= 4 is 6.21 Å². The number of imidazole rings is 1. The SMILES string of the molecule is C(=N\NC1CC1)/c1cnc[nH]1. The standard InChI is InChI=1S/C7H10N4/c1-2-6(1)11-10-4-7-3-8-5-9-7/h3-6,11H,1-2H2,(H,8,9)/b10-4+. The lowest BCUT2D eigenvalue weighted by atomic mass is 10.5. The van der Waals surface area contributed by atoms with Gasteiger partial charge < -0.3 is 10.4 Å². The van der Waals surface area contributed by atoms with E-state index in [0.717, 1.165) is 5.69 Å². The molecule has 4 nitrogen and oxygen atoms in total. The zero-order chi connectivity index (χ0) is 7.52. The van der Waals surface area contributed by atoms with Crippen molar-refractivity contribution in [3.05, 3.63) is 18.2 Å². The minimum absolute atomic E-state index is 0.620. The Hall–Kier alpha value is -1.32. The number of H-pyrrole nitrogens is 1. The highest BCUT2D eigenvalue weighted by Gasteiger charge is 2.19. The van der Waals surface area contributed by atoms with Crippen LogP contribution in [0.1, 0.15) is 18.5 Å². The second-order valence-electron chi connectivity index (χ2n) is 2.67. The molecule has 1 fully saturated rings. The van der Waals surface area contributed by atoms with Crippen LogP contribution in [0.25, 0.3) is 0 Å². The Morgan fingerprint density at radius 1 is 1.73 bits per heavy atom. The fourth-order valence-corrected chi connectivity index (χ4v) is 0.762. The topological polar surface area (TPSA) is 53.1 Å². The molecule has 1 heterocycles. The molecule has 1 aliphatic carbocycles. The predicted octanol–water partition coefficient (Wildman–Crippen LogP) is 0.496. The van der Waals surface area contributed by atoms with Gasteiger partial charge >= 0.3 is 0 Å². The Morgan fingerprint density at radius 2 is 2.64 bits per heavy atom. The van der Waals surface area contributed by atoms with E-state index >= 15 is 0 Å². The van der Waals surface area contributed by atoms with Crippen LogP contribution < -0.4 is 5.43 Å². The van der Waals surface area contributed by atoms with Crippen LogP contribution in [0.3, 0.4) is 0 Å². The van der Waals surface area contributed by atoms with Crippen molar-refractivity contribution in [2.75, 3.05) is 0 Å². The average molecular weight is 150 g/mol. The second-order valence-corrected chi connectivity index (χ2v) is 2.67. The van der Waals surface area contributed by atoms with Crippen LogP contribution >= 0.6 is 0 Å². The van der Waals surface area contributed by atoms with E-state index in [4.69, 9.17) is 0 Å². The van der Waals surface area contributed by atoms with Gasteiger partial charge in [-0.15, -0.1) is 0 Å². The first-order valence-electron chi connectivity index (χ1n) is 3.72. The fraction of sp³-hybridized carbons (Fsp3) is 0.429. The van der Waals surface area contributed by atoms with Gasteiger partial charge in [-0.25, -0.2) is 4.98 Å². The first-order chi connectivity index (χ1) is 5.45. The lowest BCUT2D eigenvalue weighted by Crippen LogP contribution is -2.07. The van der Waals surface area contributed by atoms with Gasteiger partial charge in [-0.2, -0.15) is 5.10 Å². The Kier molecular flexibility index (Phi) is 1.59. The molecule has 11 heavy (non-hydrogen) atoms. The highest BCUT2D eigenvalue weighted by molar-refractivity contribution is 5.76. The Morgan fingerprint density at radius 3 is 3.27 bits per heavy atom. The molecule has 0 spiro atoms. The van der Waals surface area contributed by atoms with Crippen molar-refractivity contribution < 1.29 is 0 Å². The Balaban J connectivity index is 1.83. The molecule has 4 heteroatoms. The summed E-state index contributed by atoms with van der Waals surface area (Å²) in [5.74, 6) is 0. The van der Waals surface area contributed by atoms with Crippen LogP contribution in [0.5, 0.6) is 0 Å². The maximum atomic E-state index is 4.03. The van der Waals surface area contributed by atoms with E-state index in [2.05, 4.69) is 20.5 Å². The monoisotopic (exact) mass is 150 g/mol. The molecule has 1 aliphatic rings. The van der Waals surface area contributed by atoms with E-state index in [0.29, 0.717) is 6.04 Å². The van der Waals surface area contributed by atoms with E-state index in [9.17, 15) is 0 Å². The van der Waals surface area contributed by atoms with Gasteiger partial charge in [0.2, 0.25) is 0 Å². The first kappa shape index (κ1) is 6.39. The van der Waals surface area contributed by atoms with E-state index in [1.807, 2.05) is 0 Å². The van der Waals surface area contributed by atoms with Crippen molar-refractivity contribution in [3.8, 4) is 0 Å². The summed E-state index contributed by atoms with van der Waals surface area (Å²) in [4.78, 5) is 6.79. The number of rotatable bonds is 3. The van der Waals surface area contributed by atoms with Crippen molar-refractivity contribution in [1.29, 1.82) is 0 Å². The lowest BCUT2D eigenvalue weighted by Gasteiger charge is -1.91. The molecule has 0 aliphatic heterocycles. The van der Waals surface area contributed by atoms with Crippen molar-refractivity contribution in [3.63, 3.8) is 0 Å². The Bertz CT molecular complexity index is 235. The van der Waals surface area contributed by atoms with Crippen LogP contribution in [0.4, 0.5) is 0 Å². The molecule has 0 atom stereocenters. The van der Waals surface area contributed by atoms with Gasteiger partial charge in [0.25, 0.3) is 0 Å². The molecule has 58 valence electrons. The highest BCUT2D eigenvalue weighted by atomic mass is 15.3. The number of nitrogens with one attached hydrogen (secondary N) is 2. The lowest BCUT2D eigenvalue weighted by molar-refractivity contribution is 0.741. The van der Waals surface area contributed by atoms with Gasteiger partial charge in [0.05, 0.1) is 24.4 Å². The van der Waals surface area contributed by atoms with Gasteiger partial charge in [0.1, 0.15) is 0 Å². The summed E-state index contributed by atoms with van der Waals surface area (Å²) >= 11 is 0. The van der Waals surface area contributed by atoms with Crippen LogP contribution in [0, 0.1) is 0 Å². The van der Waals surface area contributed by atoms with E-state index in [1.54, 1.807) is 18.7 Å². The summed E-state index contributed by atoms with van der Waals surface area (Å²) in [5.41, 5.74) is 3.95. The van der Waals surface area contributed by atoms with Gasteiger partial charge in [0.15, 0.2) is 0 Å². The van der Waals surface area contributed by atoms with Gasteiger partial charge in [-0.05, 0) is 12.8 Å². The molecule has 2 N–H and O–H groups in total. The summed E-state index contributed by atoms with van der Waals surface area (Å²) in [5, 5.41) is 4.03. The van der Waals surface area contributed by atoms with Gasteiger partial charge in [0, 0.05) is 6.04 Å². The van der Waals surface area contributed by atoms with Gasteiger partial charge in [-0.1, -0.05) is 0 Å². The predicted molar refractivity (Wildman–Crippen MR) is 42.3 cm³/mol. The minimum Gasteiger partial charge on any atom is -0.344 e. The van der Waals surface area contributed by atoms with Gasteiger partial charge in [-0.3, -0.25) is 0 Å². The highest BCUT2D eigenvalue weighted by Crippen LogP contribution is 2.18. The van der Waals surface area contributed by atoms with Crippen molar-refractivity contribution in [1.82, 2.24) is 15.4 Å². The van der Waals surface area contributed by atoms with Crippen molar-refractivity contribution in [2.45, 2.75) is 18.9 Å². The third kappa shape index (κ3) is 1.80. The summed E-state index contributed by atoms with van der Waals surface area (Å²) in [7, 11) is 0. The number of hydrazone groups is 1. The quantitative estimate of drug-likeness (QED) is 0.487. The maximum Gasteiger partial charge on any atom is 0.0924 e. The van der Waals surface area contributed by atoms with E-state index in [1.165, 1.54) is 12.8 Å². The molecule has 2 rings (SSSR count). The van der Waals surface area contributed by atoms with Crippen molar-refractivity contribution in [2.24, 2.45) is 5.10 Å². The molecule has 0 radical (unpaired) electrons. The molecule has 1 aromatic heterocycles.